The summed E-state index contributed by atoms with van der Waals surface area (Å²) >= 11 is 0. The summed E-state index contributed by atoms with van der Waals surface area (Å²) in [5.74, 6) is 1.58. The fourth-order valence-electron chi connectivity index (χ4n) is 11.0. The van der Waals surface area contributed by atoms with Crippen LogP contribution in [-0.4, -0.2) is 0 Å². The van der Waals surface area contributed by atoms with Crippen LogP contribution in [0.3, 0.4) is 0 Å². The molecule has 4 aliphatic carbocycles. The standard InChI is InChI=1S/C50H47N/c1-48(2,3)34-22-24-36(25-23-34)51(38-26-27-42-40-14-7-9-19-45(40)50(46(42)30-38)31-32-20-21-35(50)28-32)37-13-10-12-33(29-37)39-16-11-17-43-41-15-6-8-18-44(41)49(4,5)47(39)43/h6-19,22-27,29-30,32,35H,20-21,28,31H2,1-5H3. The van der Waals surface area contributed by atoms with E-state index >= 15 is 0 Å². The number of benzene rings is 6. The van der Waals surface area contributed by atoms with Crippen molar-refractivity contribution in [2.75, 3.05) is 4.90 Å². The minimum atomic E-state index is -0.0784. The summed E-state index contributed by atoms with van der Waals surface area (Å²) < 4.78 is 0. The normalized spacial score (nSPS) is 21.7. The van der Waals surface area contributed by atoms with Crippen LogP contribution in [0.2, 0.25) is 0 Å². The van der Waals surface area contributed by atoms with E-state index in [1.54, 1.807) is 11.1 Å². The summed E-state index contributed by atoms with van der Waals surface area (Å²) in [5, 5.41) is 0. The maximum atomic E-state index is 2.58. The molecule has 51 heavy (non-hydrogen) atoms. The Morgan fingerprint density at radius 2 is 1.18 bits per heavy atom. The summed E-state index contributed by atoms with van der Waals surface area (Å²) in [5.41, 5.74) is 19.3. The largest absolute Gasteiger partial charge is 0.310 e. The van der Waals surface area contributed by atoms with Crippen LogP contribution in [0.4, 0.5) is 17.1 Å². The van der Waals surface area contributed by atoms with E-state index in [2.05, 4.69) is 173 Å². The molecule has 0 radical (unpaired) electrons. The van der Waals surface area contributed by atoms with Gasteiger partial charge in [0.25, 0.3) is 0 Å². The monoisotopic (exact) mass is 661 g/mol. The Hall–Kier alpha value is -4.88. The summed E-state index contributed by atoms with van der Waals surface area (Å²) in [6.45, 7) is 11.7. The second-order valence-electron chi connectivity index (χ2n) is 17.4. The zero-order valence-electron chi connectivity index (χ0n) is 30.6. The third kappa shape index (κ3) is 4.40. The molecule has 0 saturated heterocycles. The topological polar surface area (TPSA) is 3.24 Å². The molecule has 2 fully saturated rings. The molecule has 0 heterocycles. The average molecular weight is 662 g/mol. The van der Waals surface area contributed by atoms with Gasteiger partial charge in [0.15, 0.2) is 0 Å². The van der Waals surface area contributed by atoms with Crippen molar-refractivity contribution >= 4 is 17.1 Å². The second-order valence-corrected chi connectivity index (χ2v) is 17.4. The van der Waals surface area contributed by atoms with Crippen molar-refractivity contribution in [3.05, 3.63) is 161 Å². The molecule has 1 heteroatoms. The molecular formula is C50H47N. The Balaban J connectivity index is 1.15. The highest BCUT2D eigenvalue weighted by molar-refractivity contribution is 5.90. The Kier molecular flexibility index (Phi) is 6.55. The van der Waals surface area contributed by atoms with Gasteiger partial charge in [-0.05, 0) is 134 Å². The van der Waals surface area contributed by atoms with Gasteiger partial charge in [-0.25, -0.2) is 0 Å². The van der Waals surface area contributed by atoms with Crippen molar-refractivity contribution in [2.45, 2.75) is 76.5 Å². The molecule has 6 aromatic rings. The number of fused-ring (bicyclic) bond motifs is 11. The number of rotatable bonds is 4. The molecule has 0 aromatic heterocycles. The third-order valence-electron chi connectivity index (χ3n) is 13.3. The van der Waals surface area contributed by atoms with Gasteiger partial charge in [-0.3, -0.25) is 0 Å². The van der Waals surface area contributed by atoms with E-state index in [1.165, 1.54) is 92.8 Å². The zero-order chi connectivity index (χ0) is 34.7. The van der Waals surface area contributed by atoms with Crippen molar-refractivity contribution < 1.29 is 0 Å². The third-order valence-corrected chi connectivity index (χ3v) is 13.3. The Morgan fingerprint density at radius 3 is 1.90 bits per heavy atom. The van der Waals surface area contributed by atoms with Crippen molar-refractivity contribution in [1.29, 1.82) is 0 Å². The Morgan fingerprint density at radius 1 is 0.549 bits per heavy atom. The van der Waals surface area contributed by atoms with Crippen LogP contribution in [-0.2, 0) is 16.2 Å². The molecule has 0 aliphatic heterocycles. The molecule has 252 valence electrons. The highest BCUT2D eigenvalue weighted by atomic mass is 15.1. The fourth-order valence-corrected chi connectivity index (χ4v) is 11.0. The predicted octanol–water partition coefficient (Wildman–Crippen LogP) is 13.5. The number of nitrogens with zero attached hydrogens (tertiary/aromatic N) is 1. The van der Waals surface area contributed by atoms with Crippen LogP contribution in [0, 0.1) is 11.8 Å². The molecule has 3 atom stereocenters. The summed E-state index contributed by atoms with van der Waals surface area (Å²) in [6.07, 6.45) is 5.41. The molecule has 10 rings (SSSR count). The number of hydrogen-bond donors (Lipinski definition) is 0. The van der Waals surface area contributed by atoms with Crippen molar-refractivity contribution in [3.63, 3.8) is 0 Å². The minimum absolute atomic E-state index is 0.0784. The summed E-state index contributed by atoms with van der Waals surface area (Å²) in [7, 11) is 0. The molecule has 2 bridgehead atoms. The maximum Gasteiger partial charge on any atom is 0.0467 e. The van der Waals surface area contributed by atoms with Gasteiger partial charge in [-0.1, -0.05) is 138 Å². The lowest BCUT2D eigenvalue weighted by molar-refractivity contribution is 0.327. The van der Waals surface area contributed by atoms with E-state index in [4.69, 9.17) is 0 Å². The van der Waals surface area contributed by atoms with Gasteiger partial charge in [-0.2, -0.15) is 0 Å². The van der Waals surface area contributed by atoms with Gasteiger partial charge < -0.3 is 4.90 Å². The lowest BCUT2D eigenvalue weighted by Crippen LogP contribution is -2.32. The molecule has 3 unspecified atom stereocenters. The highest BCUT2D eigenvalue weighted by Gasteiger charge is 2.56. The predicted molar refractivity (Wildman–Crippen MR) is 214 cm³/mol. The molecule has 1 spiro atoms. The van der Waals surface area contributed by atoms with Crippen LogP contribution in [0.5, 0.6) is 0 Å². The minimum Gasteiger partial charge on any atom is -0.310 e. The van der Waals surface area contributed by atoms with Gasteiger partial charge in [0, 0.05) is 27.9 Å². The SMILES string of the molecule is CC(C)(C)c1ccc(N(c2cccc(-c3cccc4c3C(C)(C)c3ccccc3-4)c2)c2ccc3c(c2)C2(CC4CCC2C4)c2ccccc2-3)cc1. The quantitative estimate of drug-likeness (QED) is 0.182. The van der Waals surface area contributed by atoms with Crippen LogP contribution in [0.1, 0.15) is 88.1 Å². The maximum absolute atomic E-state index is 2.58. The van der Waals surface area contributed by atoms with E-state index in [-0.39, 0.29) is 16.2 Å². The first-order valence-corrected chi connectivity index (χ1v) is 19.1. The van der Waals surface area contributed by atoms with E-state index in [1.807, 2.05) is 0 Å². The molecule has 6 aromatic carbocycles. The molecule has 2 saturated carbocycles. The summed E-state index contributed by atoms with van der Waals surface area (Å²) in [4.78, 5) is 2.52. The van der Waals surface area contributed by atoms with E-state index in [0.29, 0.717) is 0 Å². The van der Waals surface area contributed by atoms with Crippen LogP contribution in [0.15, 0.2) is 133 Å². The Labute approximate surface area is 304 Å². The first-order chi connectivity index (χ1) is 24.6. The van der Waals surface area contributed by atoms with E-state index in [9.17, 15) is 0 Å². The van der Waals surface area contributed by atoms with Crippen LogP contribution in [0.25, 0.3) is 33.4 Å². The first kappa shape index (κ1) is 30.9. The van der Waals surface area contributed by atoms with Gasteiger partial charge >= 0.3 is 0 Å². The zero-order valence-corrected chi connectivity index (χ0v) is 30.6. The van der Waals surface area contributed by atoms with Crippen LogP contribution < -0.4 is 4.90 Å². The lowest BCUT2D eigenvalue weighted by atomic mass is 9.67. The van der Waals surface area contributed by atoms with Gasteiger partial charge in [0.05, 0.1) is 0 Å². The molecular weight excluding hydrogens is 615 g/mol. The molecule has 4 aliphatic rings. The fraction of sp³-hybridized carbons (Fsp3) is 0.280. The van der Waals surface area contributed by atoms with Crippen molar-refractivity contribution in [2.24, 2.45) is 11.8 Å². The highest BCUT2D eigenvalue weighted by Crippen LogP contribution is 2.66. The summed E-state index contributed by atoms with van der Waals surface area (Å²) in [6, 6.07) is 51.2. The van der Waals surface area contributed by atoms with Gasteiger partial charge in [0.2, 0.25) is 0 Å². The number of hydrogen-bond acceptors (Lipinski definition) is 1. The van der Waals surface area contributed by atoms with E-state index in [0.717, 1.165) is 11.8 Å². The average Bonchev–Trinajstić information content (AvgIpc) is 3.89. The van der Waals surface area contributed by atoms with Gasteiger partial charge in [0.1, 0.15) is 0 Å². The first-order valence-electron chi connectivity index (χ1n) is 19.1. The second kappa shape index (κ2) is 10.8. The molecule has 0 amide bonds. The number of anilines is 3. The molecule has 1 nitrogen and oxygen atoms in total. The van der Waals surface area contributed by atoms with E-state index < -0.39 is 0 Å². The Bertz CT molecular complexity index is 2350. The smallest absolute Gasteiger partial charge is 0.0467 e. The van der Waals surface area contributed by atoms with Gasteiger partial charge in [-0.15, -0.1) is 0 Å². The van der Waals surface area contributed by atoms with Crippen molar-refractivity contribution in [1.82, 2.24) is 0 Å². The molecule has 0 N–H and O–H groups in total. The van der Waals surface area contributed by atoms with Crippen molar-refractivity contribution in [3.8, 4) is 33.4 Å². The van der Waals surface area contributed by atoms with Crippen LogP contribution >= 0.6 is 0 Å². The lowest BCUT2D eigenvalue weighted by Gasteiger charge is -2.37.